The van der Waals surface area contributed by atoms with Gasteiger partial charge in [0.15, 0.2) is 5.82 Å². The minimum absolute atomic E-state index is 0.119. The molecule has 120 valence electrons. The van der Waals surface area contributed by atoms with Crippen molar-refractivity contribution >= 4 is 16.7 Å². The number of nitrogens with one attached hydrogen (secondary N) is 2. The zero-order valence-corrected chi connectivity index (χ0v) is 13.6. The molecule has 0 radical (unpaired) electrons. The van der Waals surface area contributed by atoms with Crippen LogP contribution < -0.4 is 5.32 Å². The molecule has 3 aromatic heterocycles. The lowest BCUT2D eigenvalue weighted by molar-refractivity contribution is 0.399. The molecule has 24 heavy (non-hydrogen) atoms. The second-order valence-electron chi connectivity index (χ2n) is 5.86. The van der Waals surface area contributed by atoms with Gasteiger partial charge in [-0.05, 0) is 32.0 Å². The Kier molecular flexibility index (Phi) is 3.54. The molecule has 1 aromatic carbocycles. The summed E-state index contributed by atoms with van der Waals surface area (Å²) in [4.78, 5) is 8.01. The number of aromatic amines is 1. The van der Waals surface area contributed by atoms with Gasteiger partial charge >= 0.3 is 0 Å². The maximum Gasteiger partial charge on any atom is 0.170 e. The molecule has 0 aliphatic rings. The van der Waals surface area contributed by atoms with Gasteiger partial charge in [0.1, 0.15) is 5.76 Å². The van der Waals surface area contributed by atoms with Crippen molar-refractivity contribution in [2.75, 3.05) is 5.32 Å². The maximum atomic E-state index is 5.20. The number of rotatable bonds is 4. The van der Waals surface area contributed by atoms with E-state index in [0.717, 1.165) is 22.7 Å². The van der Waals surface area contributed by atoms with Crippen LogP contribution in [0.15, 0.2) is 59.3 Å². The first-order valence-electron chi connectivity index (χ1n) is 7.90. The first kappa shape index (κ1) is 14.5. The molecule has 0 aliphatic carbocycles. The summed E-state index contributed by atoms with van der Waals surface area (Å²) in [7, 11) is 0. The molecule has 0 saturated carbocycles. The fourth-order valence-electron chi connectivity index (χ4n) is 3.09. The highest BCUT2D eigenvalue weighted by Gasteiger charge is 2.22. The van der Waals surface area contributed by atoms with Crippen LogP contribution in [0, 0.1) is 13.8 Å². The Bertz CT molecular complexity index is 971. The Morgan fingerprint density at radius 1 is 1.08 bits per heavy atom. The molecule has 0 bridgehead atoms. The second-order valence-corrected chi connectivity index (χ2v) is 5.86. The molecule has 5 nitrogen and oxygen atoms in total. The Hall–Kier alpha value is -3.08. The molecule has 0 spiro atoms. The van der Waals surface area contributed by atoms with Gasteiger partial charge in [0.05, 0.1) is 11.7 Å². The number of aryl methyl sites for hydroxylation is 2. The van der Waals surface area contributed by atoms with Crippen LogP contribution in [0.1, 0.15) is 28.8 Å². The molecular formula is C19H18N4O. The number of aromatic nitrogens is 3. The third kappa shape index (κ3) is 2.54. The number of nitrogens with zero attached hydrogens (tertiary/aromatic N) is 2. The average molecular weight is 318 g/mol. The largest absolute Gasteiger partial charge is 0.360 e. The van der Waals surface area contributed by atoms with E-state index in [1.807, 2.05) is 43.5 Å². The number of benzene rings is 1. The van der Waals surface area contributed by atoms with E-state index in [1.54, 1.807) is 0 Å². The van der Waals surface area contributed by atoms with Gasteiger partial charge in [-0.2, -0.15) is 0 Å². The van der Waals surface area contributed by atoms with E-state index in [-0.39, 0.29) is 6.04 Å². The highest BCUT2D eigenvalue weighted by atomic mass is 16.5. The van der Waals surface area contributed by atoms with Crippen LogP contribution in [0.2, 0.25) is 0 Å². The summed E-state index contributed by atoms with van der Waals surface area (Å²) in [5.41, 5.74) is 4.33. The number of H-pyrrole nitrogens is 1. The van der Waals surface area contributed by atoms with E-state index in [4.69, 9.17) is 4.52 Å². The van der Waals surface area contributed by atoms with Crippen LogP contribution in [0.4, 0.5) is 5.82 Å². The lowest BCUT2D eigenvalue weighted by atomic mass is 9.99. The number of para-hydroxylation sites is 1. The number of hydrogen-bond acceptors (Lipinski definition) is 4. The Labute approximate surface area is 139 Å². The summed E-state index contributed by atoms with van der Waals surface area (Å²) in [6.07, 6.45) is 1.81. The third-order valence-corrected chi connectivity index (χ3v) is 4.14. The summed E-state index contributed by atoms with van der Waals surface area (Å²) in [5.74, 6) is 1.47. The molecule has 0 saturated heterocycles. The zero-order valence-electron chi connectivity index (χ0n) is 13.6. The van der Waals surface area contributed by atoms with Gasteiger partial charge in [0.2, 0.25) is 0 Å². The maximum absolute atomic E-state index is 5.20. The molecule has 2 N–H and O–H groups in total. The number of fused-ring (bicyclic) bond motifs is 1. The van der Waals surface area contributed by atoms with Crippen LogP contribution >= 0.6 is 0 Å². The van der Waals surface area contributed by atoms with Crippen LogP contribution in [0.3, 0.4) is 0 Å². The predicted molar refractivity (Wildman–Crippen MR) is 94.0 cm³/mol. The zero-order chi connectivity index (χ0) is 16.5. The van der Waals surface area contributed by atoms with Crippen molar-refractivity contribution in [2.45, 2.75) is 19.9 Å². The Morgan fingerprint density at radius 3 is 2.67 bits per heavy atom. The molecule has 4 aromatic rings. The lowest BCUT2D eigenvalue weighted by Gasteiger charge is -2.18. The molecule has 1 atom stereocenters. The number of hydrogen-bond donors (Lipinski definition) is 2. The summed E-state index contributed by atoms with van der Waals surface area (Å²) in [6, 6.07) is 16.0. The minimum Gasteiger partial charge on any atom is -0.360 e. The van der Waals surface area contributed by atoms with Gasteiger partial charge in [-0.15, -0.1) is 0 Å². The molecule has 1 unspecified atom stereocenters. The number of pyridine rings is 1. The smallest absolute Gasteiger partial charge is 0.170 e. The molecule has 5 heteroatoms. The normalized spacial score (nSPS) is 12.4. The van der Waals surface area contributed by atoms with Crippen LogP contribution in [-0.2, 0) is 0 Å². The molecule has 4 rings (SSSR count). The van der Waals surface area contributed by atoms with Crippen molar-refractivity contribution < 1.29 is 4.52 Å². The number of anilines is 1. The minimum atomic E-state index is -0.119. The Morgan fingerprint density at radius 2 is 1.92 bits per heavy atom. The highest BCUT2D eigenvalue weighted by molar-refractivity contribution is 5.86. The van der Waals surface area contributed by atoms with E-state index in [2.05, 4.69) is 45.6 Å². The fourth-order valence-corrected chi connectivity index (χ4v) is 3.09. The molecule has 3 heterocycles. The lowest BCUT2D eigenvalue weighted by Crippen LogP contribution is -2.14. The summed E-state index contributed by atoms with van der Waals surface area (Å²) < 4.78 is 5.20. The van der Waals surface area contributed by atoms with E-state index in [9.17, 15) is 0 Å². The topological polar surface area (TPSA) is 66.7 Å². The van der Waals surface area contributed by atoms with Crippen molar-refractivity contribution in [1.29, 1.82) is 0 Å². The summed E-state index contributed by atoms with van der Waals surface area (Å²) >= 11 is 0. The van der Waals surface area contributed by atoms with Gasteiger partial charge < -0.3 is 14.8 Å². The van der Waals surface area contributed by atoms with Crippen molar-refractivity contribution in [3.05, 3.63) is 77.4 Å². The highest BCUT2D eigenvalue weighted by Crippen LogP contribution is 2.33. The summed E-state index contributed by atoms with van der Waals surface area (Å²) in [5, 5.41) is 8.72. The SMILES string of the molecule is Cc1cc(NC(c2ccccn2)c2c(C)[nH]c3ccccc23)no1. The van der Waals surface area contributed by atoms with Gasteiger partial charge in [0, 0.05) is 34.4 Å². The monoisotopic (exact) mass is 318 g/mol. The van der Waals surface area contributed by atoms with Gasteiger partial charge in [-0.3, -0.25) is 4.98 Å². The van der Waals surface area contributed by atoms with Crippen molar-refractivity contribution in [3.63, 3.8) is 0 Å². The van der Waals surface area contributed by atoms with E-state index >= 15 is 0 Å². The second kappa shape index (κ2) is 5.85. The van der Waals surface area contributed by atoms with Crippen molar-refractivity contribution in [1.82, 2.24) is 15.1 Å². The first-order chi connectivity index (χ1) is 11.7. The molecule has 0 fully saturated rings. The van der Waals surface area contributed by atoms with E-state index in [0.29, 0.717) is 5.82 Å². The van der Waals surface area contributed by atoms with Crippen LogP contribution in [-0.4, -0.2) is 15.1 Å². The van der Waals surface area contributed by atoms with Crippen LogP contribution in [0.5, 0.6) is 0 Å². The van der Waals surface area contributed by atoms with E-state index < -0.39 is 0 Å². The predicted octanol–water partition coefficient (Wildman–Crippen LogP) is 4.37. The quantitative estimate of drug-likeness (QED) is 0.586. The Balaban J connectivity index is 1.87. The van der Waals surface area contributed by atoms with Gasteiger partial charge in [-0.25, -0.2) is 0 Å². The molecule has 0 aliphatic heterocycles. The van der Waals surface area contributed by atoms with E-state index in [1.165, 1.54) is 10.9 Å². The fraction of sp³-hybridized carbons (Fsp3) is 0.158. The molecule has 0 amide bonds. The van der Waals surface area contributed by atoms with Crippen LogP contribution in [0.25, 0.3) is 10.9 Å². The van der Waals surface area contributed by atoms with Crippen molar-refractivity contribution in [3.8, 4) is 0 Å². The molecular weight excluding hydrogens is 300 g/mol. The van der Waals surface area contributed by atoms with Gasteiger partial charge in [0.25, 0.3) is 0 Å². The third-order valence-electron chi connectivity index (χ3n) is 4.14. The first-order valence-corrected chi connectivity index (χ1v) is 7.90. The summed E-state index contributed by atoms with van der Waals surface area (Å²) in [6.45, 7) is 3.96. The van der Waals surface area contributed by atoms with Gasteiger partial charge in [-0.1, -0.05) is 29.4 Å². The average Bonchev–Trinajstić information content (AvgIpc) is 3.16. The standard InChI is InChI=1S/C19H18N4O/c1-12-11-17(23-24-12)22-19(16-9-5-6-10-20-16)18-13(2)21-15-8-4-3-7-14(15)18/h3-11,19,21H,1-2H3,(H,22,23). The van der Waals surface area contributed by atoms with Crippen molar-refractivity contribution in [2.24, 2.45) is 0 Å².